The van der Waals surface area contributed by atoms with Crippen molar-refractivity contribution in [1.29, 1.82) is 0 Å². The van der Waals surface area contributed by atoms with E-state index in [4.69, 9.17) is 9.47 Å². The molecule has 0 unspecified atom stereocenters. The Morgan fingerprint density at radius 2 is 1.69 bits per heavy atom. The molecule has 29 heavy (non-hydrogen) atoms. The quantitative estimate of drug-likeness (QED) is 0.635. The Labute approximate surface area is 170 Å². The van der Waals surface area contributed by atoms with Crippen molar-refractivity contribution in [3.8, 4) is 5.75 Å². The Morgan fingerprint density at radius 3 is 2.34 bits per heavy atom. The average molecular weight is 420 g/mol. The van der Waals surface area contributed by atoms with Gasteiger partial charge in [0.05, 0.1) is 23.3 Å². The number of esters is 1. The summed E-state index contributed by atoms with van der Waals surface area (Å²) in [6, 6.07) is 11.8. The molecule has 1 atom stereocenters. The lowest BCUT2D eigenvalue weighted by Crippen LogP contribution is -2.39. The Bertz CT molecular complexity index is 988. The molecule has 2 N–H and O–H groups in total. The van der Waals surface area contributed by atoms with Crippen molar-refractivity contribution in [1.82, 2.24) is 5.32 Å². The summed E-state index contributed by atoms with van der Waals surface area (Å²) in [6.45, 7) is 5.02. The van der Waals surface area contributed by atoms with E-state index in [-0.39, 0.29) is 22.2 Å². The van der Waals surface area contributed by atoms with E-state index >= 15 is 0 Å². The van der Waals surface area contributed by atoms with Crippen LogP contribution >= 0.6 is 0 Å². The van der Waals surface area contributed by atoms with Gasteiger partial charge in [-0.05, 0) is 51.1 Å². The molecule has 0 radical (unpaired) electrons. The van der Waals surface area contributed by atoms with E-state index < -0.39 is 28.0 Å². The molecular formula is C20H24N2O6S. The molecule has 8 nitrogen and oxygen atoms in total. The zero-order chi connectivity index (χ0) is 21.6. The average Bonchev–Trinajstić information content (AvgIpc) is 2.67. The molecule has 0 fully saturated rings. The van der Waals surface area contributed by atoms with Gasteiger partial charge < -0.3 is 14.8 Å². The third kappa shape index (κ3) is 5.95. The highest BCUT2D eigenvalue weighted by molar-refractivity contribution is 7.92. The monoisotopic (exact) mass is 420 g/mol. The van der Waals surface area contributed by atoms with Gasteiger partial charge in [0.1, 0.15) is 5.75 Å². The number of benzene rings is 2. The molecule has 2 aromatic carbocycles. The number of nitrogens with one attached hydrogen (secondary N) is 2. The molecule has 0 bridgehead atoms. The lowest BCUT2D eigenvalue weighted by Gasteiger charge is -2.16. The Hall–Kier alpha value is -3.07. The number of hydrogen-bond acceptors (Lipinski definition) is 6. The fourth-order valence-corrected chi connectivity index (χ4v) is 3.52. The minimum Gasteiger partial charge on any atom is -0.495 e. The minimum absolute atomic E-state index is 0.0112. The number of ether oxygens (including phenoxy) is 2. The SMILES string of the molecule is COc1ccccc1NS(=O)(=O)c1cccc(C(=O)O[C@@H](C)C(=O)NC(C)C)c1. The van der Waals surface area contributed by atoms with Crippen LogP contribution in [0.3, 0.4) is 0 Å². The molecule has 2 rings (SSSR count). The molecule has 0 saturated heterocycles. The molecule has 1 amide bonds. The van der Waals surface area contributed by atoms with Crippen LogP contribution in [0.2, 0.25) is 0 Å². The van der Waals surface area contributed by atoms with Crippen molar-refractivity contribution < 1.29 is 27.5 Å². The third-order valence-corrected chi connectivity index (χ3v) is 5.18. The van der Waals surface area contributed by atoms with Crippen molar-refractivity contribution in [2.24, 2.45) is 0 Å². The van der Waals surface area contributed by atoms with Gasteiger partial charge in [-0.1, -0.05) is 18.2 Å². The fourth-order valence-electron chi connectivity index (χ4n) is 2.41. The molecule has 2 aromatic rings. The maximum atomic E-state index is 12.7. The summed E-state index contributed by atoms with van der Waals surface area (Å²) in [5, 5.41) is 2.64. The Balaban J connectivity index is 2.19. The third-order valence-electron chi connectivity index (χ3n) is 3.82. The van der Waals surface area contributed by atoms with Crippen LogP contribution in [0.5, 0.6) is 5.75 Å². The first-order valence-electron chi connectivity index (χ1n) is 8.91. The smallest absolute Gasteiger partial charge is 0.338 e. The topological polar surface area (TPSA) is 111 Å². The van der Waals surface area contributed by atoms with Crippen LogP contribution in [0.25, 0.3) is 0 Å². The van der Waals surface area contributed by atoms with Gasteiger partial charge in [-0.25, -0.2) is 13.2 Å². The number of para-hydroxylation sites is 2. The number of sulfonamides is 1. The van der Waals surface area contributed by atoms with Gasteiger partial charge in [0, 0.05) is 6.04 Å². The van der Waals surface area contributed by atoms with Crippen molar-refractivity contribution >= 4 is 27.6 Å². The predicted molar refractivity (Wildman–Crippen MR) is 108 cm³/mol. The summed E-state index contributed by atoms with van der Waals surface area (Å²) >= 11 is 0. The number of amides is 1. The summed E-state index contributed by atoms with van der Waals surface area (Å²) in [5.74, 6) is -0.877. The molecule has 9 heteroatoms. The first-order valence-corrected chi connectivity index (χ1v) is 10.4. The van der Waals surface area contributed by atoms with E-state index in [0.29, 0.717) is 5.75 Å². The zero-order valence-electron chi connectivity index (χ0n) is 16.6. The molecule has 0 aliphatic carbocycles. The number of carbonyl (C=O) groups is 2. The number of methoxy groups -OCH3 is 1. The van der Waals surface area contributed by atoms with Gasteiger partial charge in [0.2, 0.25) is 0 Å². The van der Waals surface area contributed by atoms with Gasteiger partial charge in [-0.2, -0.15) is 0 Å². The van der Waals surface area contributed by atoms with Crippen LogP contribution in [-0.2, 0) is 19.6 Å². The standard InChI is InChI=1S/C20H24N2O6S/c1-13(2)21-19(23)14(3)28-20(24)15-8-7-9-16(12-15)29(25,26)22-17-10-5-6-11-18(17)27-4/h5-14,22H,1-4H3,(H,21,23)/t14-/m0/s1. The second kappa shape index (κ2) is 9.42. The van der Waals surface area contributed by atoms with Crippen LogP contribution in [0.15, 0.2) is 53.4 Å². The number of anilines is 1. The lowest BCUT2D eigenvalue weighted by atomic mass is 10.2. The molecular weight excluding hydrogens is 396 g/mol. The van der Waals surface area contributed by atoms with Crippen LogP contribution in [-0.4, -0.2) is 39.5 Å². The van der Waals surface area contributed by atoms with Gasteiger partial charge in [-0.15, -0.1) is 0 Å². The van der Waals surface area contributed by atoms with Gasteiger partial charge >= 0.3 is 5.97 Å². The normalized spacial score (nSPS) is 12.2. The molecule has 0 spiro atoms. The second-order valence-corrected chi connectivity index (χ2v) is 8.23. The lowest BCUT2D eigenvalue weighted by molar-refractivity contribution is -0.129. The van der Waals surface area contributed by atoms with E-state index in [1.807, 2.05) is 0 Å². The number of carbonyl (C=O) groups excluding carboxylic acids is 2. The predicted octanol–water partition coefficient (Wildman–Crippen LogP) is 2.57. The van der Waals surface area contributed by atoms with Crippen molar-refractivity contribution in [3.05, 3.63) is 54.1 Å². The second-order valence-electron chi connectivity index (χ2n) is 6.54. The molecule has 0 aliphatic rings. The van der Waals surface area contributed by atoms with Crippen LogP contribution in [0.4, 0.5) is 5.69 Å². The molecule has 0 saturated carbocycles. The van der Waals surface area contributed by atoms with Gasteiger partial charge in [0.15, 0.2) is 6.10 Å². The number of hydrogen-bond donors (Lipinski definition) is 2. The van der Waals surface area contributed by atoms with Crippen LogP contribution < -0.4 is 14.8 Å². The van der Waals surface area contributed by atoms with Gasteiger partial charge in [-0.3, -0.25) is 9.52 Å². The van der Waals surface area contributed by atoms with Gasteiger partial charge in [0.25, 0.3) is 15.9 Å². The highest BCUT2D eigenvalue weighted by Gasteiger charge is 2.22. The van der Waals surface area contributed by atoms with Crippen LogP contribution in [0.1, 0.15) is 31.1 Å². The summed E-state index contributed by atoms with van der Waals surface area (Å²) in [5.41, 5.74) is 0.277. The highest BCUT2D eigenvalue weighted by Crippen LogP contribution is 2.26. The number of rotatable bonds is 8. The summed E-state index contributed by atoms with van der Waals surface area (Å²) < 4.78 is 38.1. The molecule has 0 aromatic heterocycles. The minimum atomic E-state index is -3.98. The zero-order valence-corrected chi connectivity index (χ0v) is 17.4. The molecule has 0 aliphatic heterocycles. The van der Waals surface area contributed by atoms with Crippen molar-refractivity contribution in [2.75, 3.05) is 11.8 Å². The van der Waals surface area contributed by atoms with E-state index in [2.05, 4.69) is 10.0 Å². The summed E-state index contributed by atoms with van der Waals surface area (Å²) in [7, 11) is -2.55. The maximum absolute atomic E-state index is 12.7. The Morgan fingerprint density at radius 1 is 1.00 bits per heavy atom. The summed E-state index contributed by atoms with van der Waals surface area (Å²) in [4.78, 5) is 24.1. The first-order chi connectivity index (χ1) is 13.6. The largest absolute Gasteiger partial charge is 0.495 e. The maximum Gasteiger partial charge on any atom is 0.338 e. The van der Waals surface area contributed by atoms with Crippen LogP contribution in [0, 0.1) is 0 Å². The fraction of sp³-hybridized carbons (Fsp3) is 0.300. The molecule has 0 heterocycles. The van der Waals surface area contributed by atoms with Crippen molar-refractivity contribution in [2.45, 2.75) is 37.8 Å². The highest BCUT2D eigenvalue weighted by atomic mass is 32.2. The van der Waals surface area contributed by atoms with E-state index in [1.54, 1.807) is 38.1 Å². The van der Waals surface area contributed by atoms with E-state index in [0.717, 1.165) is 0 Å². The Kier molecular flexibility index (Phi) is 7.22. The van der Waals surface area contributed by atoms with Crippen molar-refractivity contribution in [3.63, 3.8) is 0 Å². The molecule has 156 valence electrons. The summed E-state index contributed by atoms with van der Waals surface area (Å²) in [6.07, 6.45) is -1.02. The van der Waals surface area contributed by atoms with E-state index in [9.17, 15) is 18.0 Å². The van der Waals surface area contributed by atoms with E-state index in [1.165, 1.54) is 38.3 Å². The first kappa shape index (κ1) is 22.2.